The smallest absolute Gasteiger partial charge is 0.101 e. The van der Waals surface area contributed by atoms with Crippen molar-refractivity contribution in [1.82, 2.24) is 9.97 Å². The fourth-order valence-corrected chi connectivity index (χ4v) is 2.11. The van der Waals surface area contributed by atoms with E-state index < -0.39 is 0 Å². The number of hydrogen-bond donors (Lipinski definition) is 1. The summed E-state index contributed by atoms with van der Waals surface area (Å²) < 4.78 is 0. The van der Waals surface area contributed by atoms with Crippen LogP contribution in [-0.2, 0) is 0 Å². The molecule has 3 rings (SSSR count). The molecule has 17 heavy (non-hydrogen) atoms. The van der Waals surface area contributed by atoms with Crippen molar-refractivity contribution in [3.05, 3.63) is 30.1 Å². The molecule has 0 unspecified atom stereocenters. The molecule has 2 aromatic rings. The third-order valence-electron chi connectivity index (χ3n) is 3.05. The second-order valence-corrected chi connectivity index (χ2v) is 4.22. The first-order chi connectivity index (χ1) is 8.34. The van der Waals surface area contributed by atoms with Crippen LogP contribution in [0.3, 0.4) is 0 Å². The van der Waals surface area contributed by atoms with Crippen molar-refractivity contribution in [2.45, 2.75) is 19.8 Å². The molecule has 0 saturated heterocycles. The summed E-state index contributed by atoms with van der Waals surface area (Å²) in [6.45, 7) is 3.00. The molecule has 1 aromatic carbocycles. The van der Waals surface area contributed by atoms with Crippen LogP contribution in [0.2, 0.25) is 0 Å². The van der Waals surface area contributed by atoms with Crippen LogP contribution in [0.4, 0.5) is 5.69 Å². The minimum absolute atomic E-state index is 0.934. The van der Waals surface area contributed by atoms with Crippen LogP contribution >= 0.6 is 0 Å². The summed E-state index contributed by atoms with van der Waals surface area (Å²) in [5.74, 6) is 1.08. The second-order valence-electron chi connectivity index (χ2n) is 4.22. The van der Waals surface area contributed by atoms with Gasteiger partial charge in [0.2, 0.25) is 0 Å². The lowest BCUT2D eigenvalue weighted by atomic mass is 10.1. The van der Waals surface area contributed by atoms with Crippen molar-refractivity contribution < 1.29 is 0 Å². The number of aromatic nitrogens is 2. The van der Waals surface area contributed by atoms with Gasteiger partial charge >= 0.3 is 0 Å². The molecule has 4 nitrogen and oxygen atoms in total. The van der Waals surface area contributed by atoms with E-state index in [1.807, 2.05) is 12.1 Å². The average molecular weight is 226 g/mol. The predicted octanol–water partition coefficient (Wildman–Crippen LogP) is 2.54. The van der Waals surface area contributed by atoms with Crippen molar-refractivity contribution in [2.24, 2.45) is 4.99 Å². The molecule has 0 atom stereocenters. The fourth-order valence-electron chi connectivity index (χ4n) is 2.11. The van der Waals surface area contributed by atoms with Gasteiger partial charge in [-0.15, -0.1) is 0 Å². The Morgan fingerprint density at radius 1 is 1.18 bits per heavy atom. The number of anilines is 1. The summed E-state index contributed by atoms with van der Waals surface area (Å²) in [5, 5.41) is 3.38. The molecule has 1 aromatic heterocycles. The first kappa shape index (κ1) is 10.2. The predicted molar refractivity (Wildman–Crippen MR) is 69.4 cm³/mol. The maximum atomic E-state index is 4.42. The summed E-state index contributed by atoms with van der Waals surface area (Å²) in [7, 11) is 0. The molecule has 86 valence electrons. The average Bonchev–Trinajstić information content (AvgIpc) is 2.86. The highest BCUT2D eigenvalue weighted by atomic mass is 15.0. The van der Waals surface area contributed by atoms with Crippen LogP contribution in [0, 0.1) is 6.92 Å². The number of hydrogen-bond acceptors (Lipinski definition) is 4. The number of nitrogens with one attached hydrogen (secondary N) is 1. The van der Waals surface area contributed by atoms with E-state index in [2.05, 4.69) is 27.2 Å². The quantitative estimate of drug-likeness (QED) is 0.813. The third kappa shape index (κ3) is 1.86. The normalized spacial score (nSPS) is 15.0. The van der Waals surface area contributed by atoms with E-state index in [4.69, 9.17) is 0 Å². The molecule has 1 aliphatic heterocycles. The van der Waals surface area contributed by atoms with Gasteiger partial charge in [-0.2, -0.15) is 0 Å². The number of aliphatic imine (C=N–C) groups is 1. The Bertz CT molecular complexity index is 589. The number of amidine groups is 1. The molecule has 1 aliphatic rings. The van der Waals surface area contributed by atoms with Gasteiger partial charge in [-0.3, -0.25) is 15.0 Å². The van der Waals surface area contributed by atoms with Crippen molar-refractivity contribution in [1.29, 1.82) is 0 Å². The van der Waals surface area contributed by atoms with Gasteiger partial charge in [0.05, 0.1) is 11.0 Å². The molecule has 4 heteroatoms. The highest BCUT2D eigenvalue weighted by molar-refractivity contribution is 5.99. The van der Waals surface area contributed by atoms with Gasteiger partial charge in [0.15, 0.2) is 0 Å². The second kappa shape index (κ2) is 4.13. The molecule has 1 N–H and O–H groups in total. The number of rotatable bonds is 1. The Labute approximate surface area is 99.8 Å². The molecule has 0 spiro atoms. The molecular formula is C13H14N4. The van der Waals surface area contributed by atoms with Crippen LogP contribution in [0.1, 0.15) is 18.4 Å². The fraction of sp³-hybridized carbons (Fsp3) is 0.308. The highest BCUT2D eigenvalue weighted by Crippen LogP contribution is 2.23. The van der Waals surface area contributed by atoms with E-state index in [0.717, 1.165) is 47.5 Å². The first-order valence-electron chi connectivity index (χ1n) is 5.85. The summed E-state index contributed by atoms with van der Waals surface area (Å²) in [6.07, 6.45) is 5.63. The Morgan fingerprint density at radius 2 is 2.06 bits per heavy atom. The summed E-state index contributed by atoms with van der Waals surface area (Å²) in [6, 6.07) is 4.04. The Hall–Kier alpha value is -1.97. The summed E-state index contributed by atoms with van der Waals surface area (Å²) in [4.78, 5) is 13.1. The van der Waals surface area contributed by atoms with Crippen LogP contribution in [0.25, 0.3) is 11.0 Å². The lowest BCUT2D eigenvalue weighted by Crippen LogP contribution is -2.09. The van der Waals surface area contributed by atoms with Gasteiger partial charge in [0.1, 0.15) is 5.84 Å². The van der Waals surface area contributed by atoms with E-state index in [9.17, 15) is 0 Å². The summed E-state index contributed by atoms with van der Waals surface area (Å²) in [5.41, 5.74) is 4.10. The SMILES string of the molecule is Cc1c(NC2=NCCC2)ccc2nccnc12. The lowest BCUT2D eigenvalue weighted by molar-refractivity contribution is 0.951. The van der Waals surface area contributed by atoms with Crippen molar-refractivity contribution in [3.63, 3.8) is 0 Å². The number of fused-ring (bicyclic) bond motifs is 1. The Morgan fingerprint density at radius 3 is 2.88 bits per heavy atom. The van der Waals surface area contributed by atoms with Gasteiger partial charge in [-0.1, -0.05) is 0 Å². The molecule has 0 saturated carbocycles. The maximum Gasteiger partial charge on any atom is 0.101 e. The number of benzene rings is 1. The first-order valence-corrected chi connectivity index (χ1v) is 5.85. The van der Waals surface area contributed by atoms with Crippen LogP contribution in [0.5, 0.6) is 0 Å². The molecule has 0 fully saturated rings. The van der Waals surface area contributed by atoms with Gasteiger partial charge < -0.3 is 5.32 Å². The molecular weight excluding hydrogens is 212 g/mol. The zero-order valence-electron chi connectivity index (χ0n) is 9.77. The highest BCUT2D eigenvalue weighted by Gasteiger charge is 2.09. The van der Waals surface area contributed by atoms with E-state index >= 15 is 0 Å². The van der Waals surface area contributed by atoms with Crippen LogP contribution in [-0.4, -0.2) is 22.3 Å². The zero-order chi connectivity index (χ0) is 11.7. The van der Waals surface area contributed by atoms with Gasteiger partial charge in [0.25, 0.3) is 0 Å². The molecule has 0 amide bonds. The zero-order valence-corrected chi connectivity index (χ0v) is 9.77. The van der Waals surface area contributed by atoms with Gasteiger partial charge in [-0.05, 0) is 25.5 Å². The van der Waals surface area contributed by atoms with E-state index in [-0.39, 0.29) is 0 Å². The topological polar surface area (TPSA) is 50.2 Å². The molecule has 0 aliphatic carbocycles. The largest absolute Gasteiger partial charge is 0.344 e. The number of nitrogens with zero attached hydrogens (tertiary/aromatic N) is 3. The maximum absolute atomic E-state index is 4.42. The monoisotopic (exact) mass is 226 g/mol. The minimum Gasteiger partial charge on any atom is -0.344 e. The van der Waals surface area contributed by atoms with Crippen LogP contribution in [0.15, 0.2) is 29.5 Å². The minimum atomic E-state index is 0.934. The number of aryl methyl sites for hydroxylation is 1. The van der Waals surface area contributed by atoms with Crippen molar-refractivity contribution in [3.8, 4) is 0 Å². The molecule has 2 heterocycles. The Kier molecular flexibility index (Phi) is 2.48. The molecule has 0 bridgehead atoms. The van der Waals surface area contributed by atoms with Gasteiger partial charge in [-0.25, -0.2) is 0 Å². The standard InChI is InChI=1S/C13H14N4/c1-9-10(17-12-3-2-6-15-12)4-5-11-13(9)16-8-7-14-11/h4-5,7-8H,2-3,6H2,1H3,(H,15,17). The van der Waals surface area contributed by atoms with E-state index in [1.54, 1.807) is 12.4 Å². The van der Waals surface area contributed by atoms with E-state index in [1.165, 1.54) is 0 Å². The third-order valence-corrected chi connectivity index (χ3v) is 3.05. The lowest BCUT2D eigenvalue weighted by Gasteiger charge is -2.10. The van der Waals surface area contributed by atoms with Gasteiger partial charge in [0, 0.05) is 36.6 Å². The Balaban J connectivity index is 2.02. The molecule has 0 radical (unpaired) electrons. The van der Waals surface area contributed by atoms with Crippen molar-refractivity contribution >= 4 is 22.6 Å². The summed E-state index contributed by atoms with van der Waals surface area (Å²) >= 11 is 0. The van der Waals surface area contributed by atoms with E-state index in [0.29, 0.717) is 0 Å². The van der Waals surface area contributed by atoms with Crippen LogP contribution < -0.4 is 5.32 Å². The van der Waals surface area contributed by atoms with Crippen molar-refractivity contribution in [2.75, 3.05) is 11.9 Å².